The van der Waals surface area contributed by atoms with Crippen LogP contribution in [0.2, 0.25) is 0 Å². The Morgan fingerprint density at radius 1 is 1.55 bits per heavy atom. The summed E-state index contributed by atoms with van der Waals surface area (Å²) in [5, 5.41) is 2.59. The Balaban J connectivity index is 2.55. The number of nitrogens with one attached hydrogen (secondary N) is 1. The monoisotopic (exact) mass is 338 g/mol. The zero-order valence-corrected chi connectivity index (χ0v) is 13.5. The van der Waals surface area contributed by atoms with E-state index in [-0.39, 0.29) is 12.0 Å². The van der Waals surface area contributed by atoms with E-state index in [0.717, 1.165) is 10.0 Å². The number of allylic oxidation sites excluding steroid dienone is 1. The van der Waals surface area contributed by atoms with E-state index in [1.807, 2.05) is 18.2 Å². The largest absolute Gasteiger partial charge is 0.445 e. The summed E-state index contributed by atoms with van der Waals surface area (Å²) < 4.78 is 5.87. The molecule has 0 bridgehead atoms. The number of aromatic nitrogens is 1. The maximum absolute atomic E-state index is 11.6. The molecule has 0 saturated carbocycles. The molecule has 0 aliphatic rings. The minimum absolute atomic E-state index is 0.0725. The molecule has 1 aromatic heterocycles. The topological polar surface area (TPSA) is 51.2 Å². The molecule has 1 aromatic rings. The van der Waals surface area contributed by atoms with Gasteiger partial charge in [-0.15, -0.1) is 0 Å². The minimum atomic E-state index is -0.540. The maximum Gasteiger partial charge on any atom is 0.413 e. The SMILES string of the molecule is C=Cc1cc(Br)cnc1NC(=O)OCC=CC(C)(C)C. The fraction of sp³-hybridized carbons (Fsp3) is 0.333. The lowest BCUT2D eigenvalue weighted by Crippen LogP contribution is -2.15. The lowest BCUT2D eigenvalue weighted by molar-refractivity contribution is 0.173. The molecule has 1 rings (SSSR count). The number of halogens is 1. The highest BCUT2D eigenvalue weighted by atomic mass is 79.9. The van der Waals surface area contributed by atoms with E-state index in [1.165, 1.54) is 0 Å². The van der Waals surface area contributed by atoms with E-state index in [1.54, 1.807) is 12.3 Å². The smallest absolute Gasteiger partial charge is 0.413 e. The molecule has 0 aliphatic carbocycles. The first-order chi connectivity index (χ1) is 9.31. The van der Waals surface area contributed by atoms with Crippen LogP contribution >= 0.6 is 15.9 Å². The molecule has 0 saturated heterocycles. The number of carbonyl (C=O) groups excluding carboxylic acids is 1. The van der Waals surface area contributed by atoms with Crippen molar-refractivity contribution >= 4 is 33.9 Å². The van der Waals surface area contributed by atoms with Crippen molar-refractivity contribution in [1.29, 1.82) is 0 Å². The van der Waals surface area contributed by atoms with Crippen molar-refractivity contribution in [2.75, 3.05) is 11.9 Å². The van der Waals surface area contributed by atoms with Gasteiger partial charge in [-0.05, 0) is 27.4 Å². The van der Waals surface area contributed by atoms with Crippen LogP contribution in [0.3, 0.4) is 0 Å². The van der Waals surface area contributed by atoms with E-state index in [0.29, 0.717) is 5.82 Å². The zero-order valence-electron chi connectivity index (χ0n) is 11.9. The number of hydrogen-bond acceptors (Lipinski definition) is 3. The molecule has 20 heavy (non-hydrogen) atoms. The van der Waals surface area contributed by atoms with Gasteiger partial charge in [-0.1, -0.05) is 45.6 Å². The predicted octanol–water partition coefficient (Wildman–Crippen LogP) is 4.64. The van der Waals surface area contributed by atoms with Crippen molar-refractivity contribution in [3.05, 3.63) is 41.0 Å². The Hall–Kier alpha value is -1.62. The van der Waals surface area contributed by atoms with Crippen molar-refractivity contribution in [1.82, 2.24) is 4.98 Å². The Bertz CT molecular complexity index is 519. The highest BCUT2D eigenvalue weighted by Crippen LogP contribution is 2.19. The summed E-state index contributed by atoms with van der Waals surface area (Å²) in [6, 6.07) is 1.81. The molecule has 0 atom stereocenters. The maximum atomic E-state index is 11.6. The molecule has 0 spiro atoms. The standard InChI is InChI=1S/C15H19BrN2O2/c1-5-11-9-12(16)10-17-13(11)18-14(19)20-8-6-7-15(2,3)4/h5-7,9-10H,1,8H2,2-4H3,(H,17,18,19). The molecule has 108 valence electrons. The Morgan fingerprint density at radius 2 is 2.25 bits per heavy atom. The first-order valence-corrected chi connectivity index (χ1v) is 7.00. The van der Waals surface area contributed by atoms with Gasteiger partial charge < -0.3 is 4.74 Å². The van der Waals surface area contributed by atoms with Crippen LogP contribution in [-0.4, -0.2) is 17.7 Å². The zero-order chi connectivity index (χ0) is 15.2. The average molecular weight is 339 g/mol. The third kappa shape index (κ3) is 6.02. The van der Waals surface area contributed by atoms with Crippen LogP contribution in [0.1, 0.15) is 26.3 Å². The van der Waals surface area contributed by atoms with Crippen LogP contribution in [-0.2, 0) is 4.74 Å². The number of nitrogens with zero attached hydrogens (tertiary/aromatic N) is 1. The molecule has 0 aromatic carbocycles. The van der Waals surface area contributed by atoms with Crippen molar-refractivity contribution in [2.45, 2.75) is 20.8 Å². The van der Waals surface area contributed by atoms with Crippen molar-refractivity contribution in [2.24, 2.45) is 5.41 Å². The van der Waals surface area contributed by atoms with Crippen LogP contribution in [0, 0.1) is 5.41 Å². The number of amides is 1. The third-order valence-corrected chi connectivity index (χ3v) is 2.69. The third-order valence-electron chi connectivity index (χ3n) is 2.25. The van der Waals surface area contributed by atoms with E-state index in [2.05, 4.69) is 53.6 Å². The molecule has 4 nitrogen and oxygen atoms in total. The average Bonchev–Trinajstić information content (AvgIpc) is 2.35. The fourth-order valence-corrected chi connectivity index (χ4v) is 1.72. The second-order valence-corrected chi connectivity index (χ2v) is 6.20. The second kappa shape index (κ2) is 7.24. The van der Waals surface area contributed by atoms with Gasteiger partial charge in [0.05, 0.1) is 0 Å². The molecule has 5 heteroatoms. The molecule has 1 amide bonds. The van der Waals surface area contributed by atoms with Gasteiger partial charge in [0.25, 0.3) is 0 Å². The van der Waals surface area contributed by atoms with Crippen molar-refractivity contribution < 1.29 is 9.53 Å². The van der Waals surface area contributed by atoms with Crippen LogP contribution in [0.25, 0.3) is 6.08 Å². The van der Waals surface area contributed by atoms with Crippen molar-refractivity contribution in [3.63, 3.8) is 0 Å². The summed E-state index contributed by atoms with van der Waals surface area (Å²) in [6.07, 6.45) is 6.49. The predicted molar refractivity (Wildman–Crippen MR) is 85.6 cm³/mol. The number of pyridine rings is 1. The summed E-state index contributed by atoms with van der Waals surface area (Å²) >= 11 is 3.31. The van der Waals surface area contributed by atoms with Gasteiger partial charge in [-0.3, -0.25) is 5.32 Å². The van der Waals surface area contributed by atoms with Crippen molar-refractivity contribution in [3.8, 4) is 0 Å². The highest BCUT2D eigenvalue weighted by molar-refractivity contribution is 9.10. The van der Waals surface area contributed by atoms with Gasteiger partial charge >= 0.3 is 6.09 Å². The first kappa shape index (κ1) is 16.4. The summed E-state index contributed by atoms with van der Waals surface area (Å²) in [4.78, 5) is 15.7. The van der Waals surface area contributed by atoms with Crippen LogP contribution in [0.5, 0.6) is 0 Å². The number of ether oxygens (including phenoxy) is 1. The molecular formula is C15H19BrN2O2. The number of carbonyl (C=O) groups is 1. The number of rotatable bonds is 4. The molecule has 1 N–H and O–H groups in total. The first-order valence-electron chi connectivity index (χ1n) is 6.21. The summed E-state index contributed by atoms with van der Waals surface area (Å²) in [5.74, 6) is 0.424. The molecule has 0 radical (unpaired) electrons. The normalized spacial score (nSPS) is 11.4. The fourth-order valence-electron chi connectivity index (χ4n) is 1.37. The summed E-state index contributed by atoms with van der Waals surface area (Å²) in [7, 11) is 0. The lowest BCUT2D eigenvalue weighted by atomic mass is 9.96. The Labute approximate surface area is 128 Å². The van der Waals surface area contributed by atoms with E-state index >= 15 is 0 Å². The van der Waals surface area contributed by atoms with Crippen LogP contribution in [0.4, 0.5) is 10.6 Å². The highest BCUT2D eigenvalue weighted by Gasteiger charge is 2.08. The summed E-state index contributed by atoms with van der Waals surface area (Å²) in [6.45, 7) is 10.1. The molecule has 0 fully saturated rings. The van der Waals surface area contributed by atoms with E-state index in [9.17, 15) is 4.79 Å². The molecule has 0 aliphatic heterocycles. The van der Waals surface area contributed by atoms with Gasteiger partial charge in [-0.25, -0.2) is 9.78 Å². The summed E-state index contributed by atoms with van der Waals surface area (Å²) in [5.41, 5.74) is 0.796. The lowest BCUT2D eigenvalue weighted by Gasteiger charge is -2.11. The van der Waals surface area contributed by atoms with Gasteiger partial charge in [-0.2, -0.15) is 0 Å². The Kier molecular flexibility index (Phi) is 5.95. The molecular weight excluding hydrogens is 320 g/mol. The Morgan fingerprint density at radius 3 is 2.85 bits per heavy atom. The van der Waals surface area contributed by atoms with Gasteiger partial charge in [0.15, 0.2) is 0 Å². The minimum Gasteiger partial charge on any atom is -0.445 e. The second-order valence-electron chi connectivity index (χ2n) is 5.29. The van der Waals surface area contributed by atoms with Crippen LogP contribution < -0.4 is 5.32 Å². The van der Waals surface area contributed by atoms with Crippen LogP contribution in [0.15, 0.2) is 35.5 Å². The van der Waals surface area contributed by atoms with E-state index in [4.69, 9.17) is 4.74 Å². The quantitative estimate of drug-likeness (QED) is 0.813. The van der Waals surface area contributed by atoms with E-state index < -0.39 is 6.09 Å². The van der Waals surface area contributed by atoms with Gasteiger partial charge in [0, 0.05) is 16.2 Å². The number of anilines is 1. The molecule has 1 heterocycles. The molecule has 0 unspecified atom stereocenters. The van der Waals surface area contributed by atoms with Gasteiger partial charge in [0.2, 0.25) is 0 Å². The number of hydrogen-bond donors (Lipinski definition) is 1. The van der Waals surface area contributed by atoms with Gasteiger partial charge in [0.1, 0.15) is 12.4 Å².